The average Bonchev–Trinajstić information content (AvgIpc) is 3.03. The van der Waals surface area contributed by atoms with Crippen LogP contribution in [0.25, 0.3) is 11.4 Å². The summed E-state index contributed by atoms with van der Waals surface area (Å²) in [5.74, 6) is 0.163. The highest BCUT2D eigenvalue weighted by atomic mass is 16.1. The Kier molecular flexibility index (Phi) is 6.25. The van der Waals surface area contributed by atoms with Crippen LogP contribution in [0.1, 0.15) is 83.9 Å². The van der Waals surface area contributed by atoms with E-state index in [1.165, 1.54) is 18.1 Å². The lowest BCUT2D eigenvalue weighted by Crippen LogP contribution is -2.11. The van der Waals surface area contributed by atoms with Gasteiger partial charge in [0, 0.05) is 19.5 Å². The lowest BCUT2D eigenvalue weighted by atomic mass is 9.84. The van der Waals surface area contributed by atoms with Gasteiger partial charge in [0.25, 0.3) is 0 Å². The van der Waals surface area contributed by atoms with Crippen molar-refractivity contribution >= 4 is 22.9 Å². The Balaban J connectivity index is 1.76. The summed E-state index contributed by atoms with van der Waals surface area (Å²) in [5, 5.41) is 0. The van der Waals surface area contributed by atoms with Gasteiger partial charge in [-0.3, -0.25) is 14.0 Å². The Morgan fingerprint density at radius 2 is 1.81 bits per heavy atom. The molecular weight excluding hydrogens is 386 g/mol. The molecule has 2 heterocycles. The lowest BCUT2D eigenvalue weighted by Gasteiger charge is -2.21. The number of imidazole rings is 1. The summed E-state index contributed by atoms with van der Waals surface area (Å²) >= 11 is 0. The minimum Gasteiger partial charge on any atom is -0.293 e. The van der Waals surface area contributed by atoms with Crippen molar-refractivity contribution in [3.63, 3.8) is 0 Å². The monoisotopic (exact) mass is 417 g/mol. The second-order valence-corrected chi connectivity index (χ2v) is 9.55. The summed E-state index contributed by atoms with van der Waals surface area (Å²) in [5.41, 5.74) is 6.24. The summed E-state index contributed by atoms with van der Waals surface area (Å²) in [4.78, 5) is 33.6. The van der Waals surface area contributed by atoms with Crippen LogP contribution >= 0.6 is 0 Å². The van der Waals surface area contributed by atoms with E-state index in [4.69, 9.17) is 0 Å². The van der Waals surface area contributed by atoms with E-state index >= 15 is 0 Å². The molecule has 0 atom stereocenters. The van der Waals surface area contributed by atoms with Gasteiger partial charge in [-0.05, 0) is 60.4 Å². The number of carbonyl (C=O) groups is 2. The first-order valence-electron chi connectivity index (χ1n) is 10.6. The normalized spacial score (nSPS) is 11.7. The fourth-order valence-corrected chi connectivity index (χ4v) is 3.89. The average molecular weight is 418 g/mol. The molecule has 0 unspecified atom stereocenters. The Morgan fingerprint density at radius 1 is 1.10 bits per heavy atom. The highest BCUT2D eigenvalue weighted by Gasteiger charge is 2.17. The quantitative estimate of drug-likeness (QED) is 0.455. The number of Topliss-reactive ketones (excluding diaryl/α,β-unsaturated/α-hetero) is 2. The first-order chi connectivity index (χ1) is 14.4. The highest BCUT2D eigenvalue weighted by molar-refractivity contribution is 5.99. The van der Waals surface area contributed by atoms with E-state index in [9.17, 15) is 9.59 Å². The Bertz CT molecular complexity index is 1180. The molecule has 31 heavy (non-hydrogen) atoms. The molecule has 0 amide bonds. The molecule has 3 aromatic rings. The van der Waals surface area contributed by atoms with Crippen LogP contribution in [-0.2, 0) is 6.42 Å². The third-order valence-electron chi connectivity index (χ3n) is 5.26. The number of carbonyl (C=O) groups excluding carboxylic acids is 2. The molecule has 0 aliphatic rings. The predicted molar refractivity (Wildman–Crippen MR) is 125 cm³/mol. The van der Waals surface area contributed by atoms with E-state index < -0.39 is 0 Å². The number of ketones is 2. The van der Waals surface area contributed by atoms with Crippen molar-refractivity contribution in [2.24, 2.45) is 5.41 Å². The molecule has 0 radical (unpaired) electrons. The largest absolute Gasteiger partial charge is 0.293 e. The van der Waals surface area contributed by atoms with Crippen molar-refractivity contribution in [3.05, 3.63) is 70.8 Å². The van der Waals surface area contributed by atoms with Crippen molar-refractivity contribution in [1.29, 1.82) is 0 Å². The van der Waals surface area contributed by atoms with Crippen LogP contribution in [0, 0.1) is 19.3 Å². The summed E-state index contributed by atoms with van der Waals surface area (Å²) in [6.45, 7) is 16.3. The van der Waals surface area contributed by atoms with E-state index in [1.807, 2.05) is 6.92 Å². The zero-order chi connectivity index (χ0) is 22.9. The van der Waals surface area contributed by atoms with E-state index in [2.05, 4.69) is 62.4 Å². The topological polar surface area (TPSA) is 64.3 Å². The molecule has 162 valence electrons. The van der Waals surface area contributed by atoms with Gasteiger partial charge in [0.1, 0.15) is 5.69 Å². The smallest absolute Gasteiger partial charge is 0.235 e. The third kappa shape index (κ3) is 5.35. The molecule has 0 aliphatic carbocycles. The highest BCUT2D eigenvalue weighted by Crippen LogP contribution is 2.31. The van der Waals surface area contributed by atoms with Crippen LogP contribution in [0.15, 0.2) is 37.0 Å². The fourth-order valence-electron chi connectivity index (χ4n) is 3.89. The molecule has 0 aliphatic heterocycles. The molecule has 1 aromatic carbocycles. The third-order valence-corrected chi connectivity index (χ3v) is 5.26. The minimum atomic E-state index is -0.124. The maximum atomic E-state index is 12.8. The van der Waals surface area contributed by atoms with Gasteiger partial charge in [0.05, 0.1) is 11.4 Å². The van der Waals surface area contributed by atoms with Gasteiger partial charge >= 0.3 is 0 Å². The van der Waals surface area contributed by atoms with Crippen LogP contribution in [-0.4, -0.2) is 25.9 Å². The summed E-state index contributed by atoms with van der Waals surface area (Å²) in [7, 11) is 0. The number of aryl methyl sites for hydroxylation is 3. The number of aromatic nitrogens is 3. The Labute approximate surface area is 184 Å². The molecule has 0 bridgehead atoms. The number of hydrogen-bond donors (Lipinski definition) is 0. The van der Waals surface area contributed by atoms with Crippen molar-refractivity contribution in [2.75, 3.05) is 0 Å². The molecule has 0 N–H and O–H groups in total. The Hall–Kier alpha value is -3.08. The molecule has 0 fully saturated rings. The van der Waals surface area contributed by atoms with Gasteiger partial charge in [-0.2, -0.15) is 0 Å². The van der Waals surface area contributed by atoms with E-state index in [1.54, 1.807) is 16.7 Å². The number of nitrogens with zero attached hydrogens (tertiary/aromatic N) is 3. The van der Waals surface area contributed by atoms with Crippen LogP contribution in [0.3, 0.4) is 0 Å². The molecule has 0 saturated heterocycles. The molecule has 5 nitrogen and oxygen atoms in total. The van der Waals surface area contributed by atoms with Crippen molar-refractivity contribution in [3.8, 4) is 0 Å². The summed E-state index contributed by atoms with van der Waals surface area (Å²) in [6, 6.07) is 7.88. The molecule has 3 rings (SSSR count). The lowest BCUT2D eigenvalue weighted by molar-refractivity contribution is 0.0978. The van der Waals surface area contributed by atoms with E-state index in [0.29, 0.717) is 24.3 Å². The zero-order valence-electron chi connectivity index (χ0n) is 19.4. The van der Waals surface area contributed by atoms with Crippen molar-refractivity contribution in [2.45, 2.75) is 60.8 Å². The van der Waals surface area contributed by atoms with Gasteiger partial charge < -0.3 is 0 Å². The summed E-state index contributed by atoms with van der Waals surface area (Å²) in [6.07, 6.45) is 3.63. The van der Waals surface area contributed by atoms with Gasteiger partial charge in [0.2, 0.25) is 5.78 Å². The first-order valence-corrected chi connectivity index (χ1v) is 10.6. The second kappa shape index (κ2) is 8.58. The van der Waals surface area contributed by atoms with Crippen LogP contribution < -0.4 is 0 Å². The Morgan fingerprint density at radius 3 is 2.42 bits per heavy atom. The van der Waals surface area contributed by atoms with Crippen LogP contribution in [0.2, 0.25) is 0 Å². The number of fused-ring (bicyclic) bond motifs is 1. The first kappa shape index (κ1) is 22.6. The van der Waals surface area contributed by atoms with E-state index in [0.717, 1.165) is 23.3 Å². The fraction of sp³-hybridized carbons (Fsp3) is 0.385. The molecule has 0 spiro atoms. The standard InChI is InChI=1S/C26H31N3O2/c1-16-12-20(8-10-21(16)17(2)14-26(5,6)7)9-11-24(31)22-13-23(19(4)30)29-15-18(3)27-25(29)28-22/h8,10,12-13,15H,2,9,11,14H2,1,3-7H3. The van der Waals surface area contributed by atoms with Crippen molar-refractivity contribution in [1.82, 2.24) is 14.4 Å². The van der Waals surface area contributed by atoms with Crippen LogP contribution in [0.4, 0.5) is 0 Å². The van der Waals surface area contributed by atoms with Crippen LogP contribution in [0.5, 0.6) is 0 Å². The van der Waals surface area contributed by atoms with Crippen molar-refractivity contribution < 1.29 is 9.59 Å². The van der Waals surface area contributed by atoms with Gasteiger partial charge in [-0.25, -0.2) is 9.97 Å². The number of hydrogen-bond acceptors (Lipinski definition) is 4. The molecule has 2 aromatic heterocycles. The maximum absolute atomic E-state index is 12.8. The molecular formula is C26H31N3O2. The number of allylic oxidation sites excluding steroid dienone is 1. The van der Waals surface area contributed by atoms with E-state index in [-0.39, 0.29) is 22.7 Å². The second-order valence-electron chi connectivity index (χ2n) is 9.55. The predicted octanol–water partition coefficient (Wildman–Crippen LogP) is 5.81. The zero-order valence-corrected chi connectivity index (χ0v) is 19.4. The number of rotatable bonds is 7. The van der Waals surface area contributed by atoms with Gasteiger partial charge in [-0.15, -0.1) is 0 Å². The number of benzene rings is 1. The molecule has 0 saturated carbocycles. The summed E-state index contributed by atoms with van der Waals surface area (Å²) < 4.78 is 1.64. The van der Waals surface area contributed by atoms with Gasteiger partial charge in [-0.1, -0.05) is 45.5 Å². The minimum absolute atomic E-state index is 0.0930. The van der Waals surface area contributed by atoms with Gasteiger partial charge in [0.15, 0.2) is 11.6 Å². The maximum Gasteiger partial charge on any atom is 0.235 e. The molecule has 5 heteroatoms. The SMILES string of the molecule is C=C(CC(C)(C)C)c1ccc(CCC(=O)c2cc(C(C)=O)n3cc(C)nc3n2)cc1C.